The predicted molar refractivity (Wildman–Crippen MR) is 42.6 cm³/mol. The number of hydrogen-bond acceptors (Lipinski definition) is 2. The average molecular weight is 164 g/mol. The lowest BCUT2D eigenvalue weighted by Crippen LogP contribution is -2.27. The highest BCUT2D eigenvalue weighted by Gasteiger charge is 2.38. The number of hydrogen-bond donors (Lipinski definition) is 1. The zero-order valence-corrected chi connectivity index (χ0v) is 6.99. The van der Waals surface area contributed by atoms with Crippen molar-refractivity contribution >= 4 is 12.4 Å². The monoisotopic (exact) mass is 163 g/mol. The number of rotatable bonds is 1. The van der Waals surface area contributed by atoms with Crippen LogP contribution in [0.5, 0.6) is 0 Å². The van der Waals surface area contributed by atoms with Crippen molar-refractivity contribution in [2.24, 2.45) is 0 Å². The summed E-state index contributed by atoms with van der Waals surface area (Å²) >= 11 is 0. The third kappa shape index (κ3) is 1.16. The summed E-state index contributed by atoms with van der Waals surface area (Å²) in [4.78, 5) is 0. The van der Waals surface area contributed by atoms with E-state index in [1.807, 2.05) is 7.11 Å². The first-order chi connectivity index (χ1) is 4.40. The van der Waals surface area contributed by atoms with Crippen LogP contribution in [0.25, 0.3) is 0 Å². The molecule has 0 unspecified atom stereocenters. The Morgan fingerprint density at radius 3 is 2.50 bits per heavy atom. The van der Waals surface area contributed by atoms with Crippen LogP contribution in [0.15, 0.2) is 0 Å². The van der Waals surface area contributed by atoms with Gasteiger partial charge in [0, 0.05) is 19.2 Å². The molecule has 10 heavy (non-hydrogen) atoms. The minimum absolute atomic E-state index is 0. The Morgan fingerprint density at radius 2 is 2.20 bits per heavy atom. The van der Waals surface area contributed by atoms with Gasteiger partial charge in [-0.25, -0.2) is 0 Å². The molecule has 0 amide bonds. The van der Waals surface area contributed by atoms with Gasteiger partial charge in [0.25, 0.3) is 0 Å². The molecule has 0 saturated carbocycles. The Labute approximate surface area is 67.7 Å². The number of fused-ring (bicyclic) bond motifs is 2. The van der Waals surface area contributed by atoms with Gasteiger partial charge in [-0.15, -0.1) is 12.4 Å². The maximum Gasteiger partial charge on any atom is 0.0739 e. The third-order valence-electron chi connectivity index (χ3n) is 2.54. The molecular weight excluding hydrogens is 150 g/mol. The van der Waals surface area contributed by atoms with Gasteiger partial charge in [-0.1, -0.05) is 0 Å². The Morgan fingerprint density at radius 1 is 1.40 bits per heavy atom. The van der Waals surface area contributed by atoms with Crippen molar-refractivity contribution in [1.82, 2.24) is 5.32 Å². The van der Waals surface area contributed by atoms with Crippen molar-refractivity contribution in [2.45, 2.75) is 37.5 Å². The fraction of sp³-hybridized carbons (Fsp3) is 1.00. The van der Waals surface area contributed by atoms with Gasteiger partial charge in [0.15, 0.2) is 0 Å². The summed E-state index contributed by atoms with van der Waals surface area (Å²) in [6.45, 7) is 0. The standard InChI is InChI=1S/C7H13NO.ClH/c1-9-7-4-5-2-3-6(7)8-5;/h5-8H,2-4H2,1H3;1H/t5-,6+,7-;/m0./s1. The molecule has 0 aromatic heterocycles. The molecule has 2 nitrogen and oxygen atoms in total. The summed E-state index contributed by atoms with van der Waals surface area (Å²) in [5, 5.41) is 3.50. The number of halogens is 1. The molecule has 2 aliphatic heterocycles. The molecule has 0 aliphatic carbocycles. The molecule has 2 heterocycles. The van der Waals surface area contributed by atoms with Gasteiger partial charge in [-0.3, -0.25) is 0 Å². The van der Waals surface area contributed by atoms with Gasteiger partial charge in [0.1, 0.15) is 0 Å². The van der Waals surface area contributed by atoms with Crippen molar-refractivity contribution in [1.29, 1.82) is 0 Å². The van der Waals surface area contributed by atoms with Crippen molar-refractivity contribution < 1.29 is 4.74 Å². The highest BCUT2D eigenvalue weighted by atomic mass is 35.5. The zero-order chi connectivity index (χ0) is 6.27. The normalized spacial score (nSPS) is 43.5. The molecule has 3 heteroatoms. The summed E-state index contributed by atoms with van der Waals surface area (Å²) in [7, 11) is 1.81. The lowest BCUT2D eigenvalue weighted by molar-refractivity contribution is 0.0819. The molecule has 0 radical (unpaired) electrons. The van der Waals surface area contributed by atoms with E-state index in [0.717, 1.165) is 6.04 Å². The van der Waals surface area contributed by atoms with Crippen LogP contribution >= 0.6 is 12.4 Å². The van der Waals surface area contributed by atoms with Gasteiger partial charge < -0.3 is 10.1 Å². The molecule has 2 fully saturated rings. The van der Waals surface area contributed by atoms with Crippen molar-refractivity contribution in [3.05, 3.63) is 0 Å². The van der Waals surface area contributed by atoms with E-state index in [4.69, 9.17) is 4.74 Å². The fourth-order valence-electron chi connectivity index (χ4n) is 2.03. The van der Waals surface area contributed by atoms with E-state index in [1.165, 1.54) is 19.3 Å². The maximum atomic E-state index is 5.28. The third-order valence-corrected chi connectivity index (χ3v) is 2.54. The molecule has 2 bridgehead atoms. The molecule has 2 saturated heterocycles. The van der Waals surface area contributed by atoms with Gasteiger partial charge in [0.05, 0.1) is 6.10 Å². The Balaban J connectivity index is 0.000000500. The van der Waals surface area contributed by atoms with Gasteiger partial charge in [0.2, 0.25) is 0 Å². The van der Waals surface area contributed by atoms with Crippen LogP contribution < -0.4 is 5.32 Å². The Bertz CT molecular complexity index is 120. The second-order valence-electron chi connectivity index (χ2n) is 3.06. The van der Waals surface area contributed by atoms with Crippen LogP contribution in [-0.4, -0.2) is 25.3 Å². The first-order valence-electron chi connectivity index (χ1n) is 3.69. The number of ether oxygens (including phenoxy) is 1. The highest BCUT2D eigenvalue weighted by Crippen LogP contribution is 2.29. The Hall–Kier alpha value is 0.210. The average Bonchev–Trinajstić information content (AvgIpc) is 2.45. The zero-order valence-electron chi connectivity index (χ0n) is 6.17. The lowest BCUT2D eigenvalue weighted by atomic mass is 9.98. The van der Waals surface area contributed by atoms with E-state index in [-0.39, 0.29) is 12.4 Å². The molecule has 1 N–H and O–H groups in total. The minimum Gasteiger partial charge on any atom is -0.380 e. The number of methoxy groups -OCH3 is 1. The smallest absolute Gasteiger partial charge is 0.0739 e. The Kier molecular flexibility index (Phi) is 2.55. The highest BCUT2D eigenvalue weighted by molar-refractivity contribution is 5.85. The van der Waals surface area contributed by atoms with Crippen molar-refractivity contribution in [3.8, 4) is 0 Å². The summed E-state index contributed by atoms with van der Waals surface area (Å²) in [5.41, 5.74) is 0. The second kappa shape index (κ2) is 3.07. The van der Waals surface area contributed by atoms with Crippen LogP contribution in [0.3, 0.4) is 0 Å². The summed E-state index contributed by atoms with van der Waals surface area (Å²) < 4.78 is 5.28. The lowest BCUT2D eigenvalue weighted by Gasteiger charge is -2.17. The maximum absolute atomic E-state index is 5.28. The summed E-state index contributed by atoms with van der Waals surface area (Å²) in [5.74, 6) is 0. The van der Waals surface area contributed by atoms with Crippen molar-refractivity contribution in [2.75, 3.05) is 7.11 Å². The van der Waals surface area contributed by atoms with Gasteiger partial charge in [-0.2, -0.15) is 0 Å². The summed E-state index contributed by atoms with van der Waals surface area (Å²) in [6.07, 6.45) is 4.44. The molecular formula is C7H14ClNO. The molecule has 0 aromatic carbocycles. The molecule has 0 spiro atoms. The van der Waals surface area contributed by atoms with E-state index >= 15 is 0 Å². The van der Waals surface area contributed by atoms with Crippen LogP contribution in [0.1, 0.15) is 19.3 Å². The first-order valence-corrected chi connectivity index (χ1v) is 3.69. The van der Waals surface area contributed by atoms with E-state index in [2.05, 4.69) is 5.32 Å². The molecule has 0 aromatic rings. The van der Waals surface area contributed by atoms with Gasteiger partial charge in [-0.05, 0) is 19.3 Å². The SMILES string of the molecule is CO[C@H]1C[C@@H]2CC[C@H]1N2.Cl. The predicted octanol–water partition coefficient (Wildman–Crippen LogP) is 0.947. The summed E-state index contributed by atoms with van der Waals surface area (Å²) in [6, 6.07) is 1.46. The van der Waals surface area contributed by atoms with Crippen LogP contribution in [0.2, 0.25) is 0 Å². The largest absolute Gasteiger partial charge is 0.380 e. The van der Waals surface area contributed by atoms with Crippen LogP contribution in [-0.2, 0) is 4.74 Å². The molecule has 3 atom stereocenters. The van der Waals surface area contributed by atoms with Crippen LogP contribution in [0, 0.1) is 0 Å². The molecule has 2 rings (SSSR count). The second-order valence-corrected chi connectivity index (χ2v) is 3.06. The van der Waals surface area contributed by atoms with E-state index in [0.29, 0.717) is 12.1 Å². The quantitative estimate of drug-likeness (QED) is 0.622. The fourth-order valence-corrected chi connectivity index (χ4v) is 2.03. The number of nitrogens with one attached hydrogen (secondary N) is 1. The van der Waals surface area contributed by atoms with E-state index in [9.17, 15) is 0 Å². The van der Waals surface area contributed by atoms with E-state index < -0.39 is 0 Å². The first kappa shape index (κ1) is 8.31. The molecule has 2 aliphatic rings. The van der Waals surface area contributed by atoms with Crippen LogP contribution in [0.4, 0.5) is 0 Å². The minimum atomic E-state index is 0. The van der Waals surface area contributed by atoms with E-state index in [1.54, 1.807) is 0 Å². The topological polar surface area (TPSA) is 21.3 Å². The van der Waals surface area contributed by atoms with Crippen molar-refractivity contribution in [3.63, 3.8) is 0 Å². The molecule has 60 valence electrons. The van der Waals surface area contributed by atoms with Gasteiger partial charge >= 0.3 is 0 Å².